The molecule has 0 radical (unpaired) electrons. The van der Waals surface area contributed by atoms with Gasteiger partial charge in [-0.25, -0.2) is 4.98 Å². The van der Waals surface area contributed by atoms with Crippen LogP contribution in [0.1, 0.15) is 12.0 Å². The Hall–Kier alpha value is -3.09. The van der Waals surface area contributed by atoms with E-state index in [9.17, 15) is 4.79 Å². The smallest absolute Gasteiger partial charge is 0.246 e. The molecule has 0 bridgehead atoms. The van der Waals surface area contributed by atoms with E-state index in [1.165, 1.54) is 0 Å². The summed E-state index contributed by atoms with van der Waals surface area (Å²) in [5, 5.41) is 0. The number of amides is 1. The van der Waals surface area contributed by atoms with Crippen LogP contribution in [0.2, 0.25) is 0 Å². The summed E-state index contributed by atoms with van der Waals surface area (Å²) in [7, 11) is 3.17. The first-order chi connectivity index (χ1) is 12.7. The van der Waals surface area contributed by atoms with Crippen LogP contribution in [0.3, 0.4) is 0 Å². The van der Waals surface area contributed by atoms with E-state index in [4.69, 9.17) is 14.2 Å². The van der Waals surface area contributed by atoms with E-state index in [-0.39, 0.29) is 12.0 Å². The lowest BCUT2D eigenvalue weighted by atomic mass is 10.2. The van der Waals surface area contributed by atoms with Gasteiger partial charge < -0.3 is 19.1 Å². The number of ether oxygens (including phenoxy) is 3. The Morgan fingerprint density at radius 1 is 1.23 bits per heavy atom. The largest absolute Gasteiger partial charge is 0.493 e. The molecule has 0 aliphatic carbocycles. The fourth-order valence-corrected chi connectivity index (χ4v) is 2.77. The third kappa shape index (κ3) is 4.30. The highest BCUT2D eigenvalue weighted by molar-refractivity contribution is 5.92. The lowest BCUT2D eigenvalue weighted by Crippen LogP contribution is -2.29. The molecule has 1 amide bonds. The van der Waals surface area contributed by atoms with Gasteiger partial charge in [0.25, 0.3) is 0 Å². The number of aromatic nitrogens is 2. The van der Waals surface area contributed by atoms with Crippen LogP contribution in [0.5, 0.6) is 17.4 Å². The quantitative estimate of drug-likeness (QED) is 0.740. The normalized spacial score (nSPS) is 16.7. The van der Waals surface area contributed by atoms with Gasteiger partial charge in [0.1, 0.15) is 6.10 Å². The fourth-order valence-electron chi connectivity index (χ4n) is 2.77. The van der Waals surface area contributed by atoms with Gasteiger partial charge in [-0.3, -0.25) is 9.78 Å². The van der Waals surface area contributed by atoms with Crippen molar-refractivity contribution < 1.29 is 19.0 Å². The van der Waals surface area contributed by atoms with Crippen LogP contribution in [0.15, 0.2) is 42.9 Å². The summed E-state index contributed by atoms with van der Waals surface area (Å²) in [6.07, 6.45) is 8.78. The zero-order valence-electron chi connectivity index (χ0n) is 14.8. The Bertz CT molecular complexity index is 780. The number of methoxy groups -OCH3 is 2. The SMILES string of the molecule is COc1ccc(C=CC(=O)N2CCC(Oc3cnccn3)C2)cc1OC. The molecule has 1 atom stereocenters. The van der Waals surface area contributed by atoms with Crippen molar-refractivity contribution in [1.82, 2.24) is 14.9 Å². The molecule has 2 aromatic rings. The highest BCUT2D eigenvalue weighted by atomic mass is 16.5. The molecule has 136 valence electrons. The second-order valence-corrected chi connectivity index (χ2v) is 5.80. The maximum atomic E-state index is 12.4. The van der Waals surface area contributed by atoms with Crippen LogP contribution in [0.25, 0.3) is 6.08 Å². The van der Waals surface area contributed by atoms with Crippen LogP contribution in [0, 0.1) is 0 Å². The molecule has 1 aromatic carbocycles. The first-order valence-corrected chi connectivity index (χ1v) is 8.31. The summed E-state index contributed by atoms with van der Waals surface area (Å²) in [6, 6.07) is 5.51. The lowest BCUT2D eigenvalue weighted by molar-refractivity contribution is -0.125. The molecule has 1 saturated heterocycles. The summed E-state index contributed by atoms with van der Waals surface area (Å²) in [5.74, 6) is 1.71. The first kappa shape index (κ1) is 17.7. The second kappa shape index (κ2) is 8.33. The van der Waals surface area contributed by atoms with Gasteiger partial charge in [0.15, 0.2) is 11.5 Å². The van der Waals surface area contributed by atoms with Crippen molar-refractivity contribution in [3.8, 4) is 17.4 Å². The van der Waals surface area contributed by atoms with Crippen molar-refractivity contribution in [2.75, 3.05) is 27.3 Å². The number of carbonyl (C=O) groups is 1. The molecular weight excluding hydrogens is 334 g/mol. The van der Waals surface area contributed by atoms with E-state index in [0.717, 1.165) is 12.0 Å². The lowest BCUT2D eigenvalue weighted by Gasteiger charge is -2.15. The highest BCUT2D eigenvalue weighted by Crippen LogP contribution is 2.28. The predicted molar refractivity (Wildman–Crippen MR) is 96.2 cm³/mol. The van der Waals surface area contributed by atoms with Gasteiger partial charge in [0.2, 0.25) is 11.8 Å². The van der Waals surface area contributed by atoms with Gasteiger partial charge in [0, 0.05) is 31.4 Å². The van der Waals surface area contributed by atoms with Crippen molar-refractivity contribution in [2.45, 2.75) is 12.5 Å². The molecular formula is C19H21N3O4. The summed E-state index contributed by atoms with van der Waals surface area (Å²) in [5.41, 5.74) is 0.863. The van der Waals surface area contributed by atoms with Crippen LogP contribution in [-0.4, -0.2) is 54.2 Å². The second-order valence-electron chi connectivity index (χ2n) is 5.80. The van der Waals surface area contributed by atoms with Crippen LogP contribution < -0.4 is 14.2 Å². The van der Waals surface area contributed by atoms with Gasteiger partial charge in [-0.15, -0.1) is 0 Å². The molecule has 7 heteroatoms. The van der Waals surface area contributed by atoms with Gasteiger partial charge in [-0.05, 0) is 23.8 Å². The molecule has 1 unspecified atom stereocenters. The molecule has 3 rings (SSSR count). The minimum atomic E-state index is -0.0647. The van der Waals surface area contributed by atoms with Gasteiger partial charge in [-0.1, -0.05) is 6.07 Å². The third-order valence-corrected chi connectivity index (χ3v) is 4.11. The molecule has 26 heavy (non-hydrogen) atoms. The number of benzene rings is 1. The van der Waals surface area contributed by atoms with Crippen LogP contribution in [-0.2, 0) is 4.79 Å². The molecule has 7 nitrogen and oxygen atoms in total. The number of hydrogen-bond acceptors (Lipinski definition) is 6. The monoisotopic (exact) mass is 355 g/mol. The van der Waals surface area contributed by atoms with Crippen molar-refractivity contribution in [2.24, 2.45) is 0 Å². The average molecular weight is 355 g/mol. The molecule has 1 aliphatic heterocycles. The molecule has 0 saturated carbocycles. The zero-order valence-corrected chi connectivity index (χ0v) is 14.8. The Kier molecular flexibility index (Phi) is 5.68. The van der Waals surface area contributed by atoms with Crippen molar-refractivity contribution >= 4 is 12.0 Å². The summed E-state index contributed by atoms with van der Waals surface area (Å²) < 4.78 is 16.2. The molecule has 0 N–H and O–H groups in total. The number of rotatable bonds is 6. The van der Waals surface area contributed by atoms with E-state index in [1.54, 1.807) is 49.9 Å². The predicted octanol–water partition coefficient (Wildman–Crippen LogP) is 2.19. The topological polar surface area (TPSA) is 73.8 Å². The van der Waals surface area contributed by atoms with E-state index in [0.29, 0.717) is 30.5 Å². The van der Waals surface area contributed by atoms with Crippen LogP contribution in [0.4, 0.5) is 0 Å². The first-order valence-electron chi connectivity index (χ1n) is 8.31. The molecule has 1 fully saturated rings. The number of hydrogen-bond donors (Lipinski definition) is 0. The fraction of sp³-hybridized carbons (Fsp3) is 0.316. The van der Waals surface area contributed by atoms with Gasteiger partial charge in [-0.2, -0.15) is 0 Å². The number of carbonyl (C=O) groups excluding carboxylic acids is 1. The minimum absolute atomic E-state index is 0.0509. The Labute approximate surface area is 152 Å². The molecule has 0 spiro atoms. The maximum absolute atomic E-state index is 12.4. The number of nitrogens with zero attached hydrogens (tertiary/aromatic N) is 3. The van der Waals surface area contributed by atoms with Crippen molar-refractivity contribution in [1.29, 1.82) is 0 Å². The van der Waals surface area contributed by atoms with E-state index in [1.807, 2.05) is 18.2 Å². The summed E-state index contributed by atoms with van der Waals surface area (Å²) >= 11 is 0. The molecule has 1 aromatic heterocycles. The third-order valence-electron chi connectivity index (χ3n) is 4.11. The Morgan fingerprint density at radius 2 is 2.08 bits per heavy atom. The summed E-state index contributed by atoms with van der Waals surface area (Å²) in [6.45, 7) is 1.19. The van der Waals surface area contributed by atoms with Gasteiger partial charge >= 0.3 is 0 Å². The highest BCUT2D eigenvalue weighted by Gasteiger charge is 2.26. The Morgan fingerprint density at radius 3 is 2.81 bits per heavy atom. The van der Waals surface area contributed by atoms with Gasteiger partial charge in [0.05, 0.1) is 27.0 Å². The minimum Gasteiger partial charge on any atom is -0.493 e. The van der Waals surface area contributed by atoms with Crippen molar-refractivity contribution in [3.05, 3.63) is 48.4 Å². The summed E-state index contributed by atoms with van der Waals surface area (Å²) in [4.78, 5) is 22.2. The van der Waals surface area contributed by atoms with Crippen molar-refractivity contribution in [3.63, 3.8) is 0 Å². The maximum Gasteiger partial charge on any atom is 0.246 e. The van der Waals surface area contributed by atoms with E-state index < -0.39 is 0 Å². The van der Waals surface area contributed by atoms with E-state index in [2.05, 4.69) is 9.97 Å². The van der Waals surface area contributed by atoms with E-state index >= 15 is 0 Å². The zero-order chi connectivity index (χ0) is 18.4. The Balaban J connectivity index is 1.57. The molecule has 2 heterocycles. The number of likely N-dealkylation sites (tertiary alicyclic amines) is 1. The average Bonchev–Trinajstić information content (AvgIpc) is 3.15. The standard InChI is InChI=1S/C19H21N3O4/c1-24-16-5-3-14(11-17(16)25-2)4-6-19(23)22-10-7-15(13-22)26-18-12-20-8-9-21-18/h3-6,8-9,11-12,15H,7,10,13H2,1-2H3. The molecule has 1 aliphatic rings. The van der Waals surface area contributed by atoms with Crippen LogP contribution >= 0.6 is 0 Å².